The van der Waals surface area contributed by atoms with E-state index >= 15 is 0 Å². The van der Waals surface area contributed by atoms with Gasteiger partial charge in [-0.3, -0.25) is 0 Å². The minimum Gasteiger partial charge on any atom is -0.327 e. The first-order valence-corrected chi connectivity index (χ1v) is 4.93. The van der Waals surface area contributed by atoms with E-state index in [1.807, 2.05) is 0 Å². The fourth-order valence-electron chi connectivity index (χ4n) is 2.21. The lowest BCUT2D eigenvalue weighted by Crippen LogP contribution is -2.25. The molecule has 0 amide bonds. The van der Waals surface area contributed by atoms with Gasteiger partial charge in [-0.05, 0) is 30.6 Å². The summed E-state index contributed by atoms with van der Waals surface area (Å²) in [6.07, 6.45) is 5.29. The van der Waals surface area contributed by atoms with Crippen LogP contribution in [0.2, 0.25) is 0 Å². The van der Waals surface area contributed by atoms with Crippen LogP contribution in [0.1, 0.15) is 39.5 Å². The van der Waals surface area contributed by atoms with Gasteiger partial charge in [0.15, 0.2) is 0 Å². The van der Waals surface area contributed by atoms with Gasteiger partial charge in [0.2, 0.25) is 0 Å². The third kappa shape index (κ3) is 2.34. The van der Waals surface area contributed by atoms with Gasteiger partial charge in [-0.1, -0.05) is 32.4 Å². The number of hydrogen-bond acceptors (Lipinski definition) is 1. The second-order valence-corrected chi connectivity index (χ2v) is 4.82. The summed E-state index contributed by atoms with van der Waals surface area (Å²) in [5, 5.41) is 0. The lowest BCUT2D eigenvalue weighted by molar-refractivity contribution is 0.199. The molecule has 0 bridgehead atoms. The molecule has 2 N–H and O–H groups in total. The van der Waals surface area contributed by atoms with Crippen molar-refractivity contribution in [3.05, 3.63) is 12.2 Å². The van der Waals surface area contributed by atoms with E-state index in [1.165, 1.54) is 31.3 Å². The molecule has 0 saturated heterocycles. The Bertz CT molecular complexity index is 170. The second-order valence-electron chi connectivity index (χ2n) is 4.82. The normalized spacial score (nSPS) is 28.4. The van der Waals surface area contributed by atoms with Gasteiger partial charge in [0.25, 0.3) is 0 Å². The monoisotopic (exact) mass is 167 g/mol. The van der Waals surface area contributed by atoms with Gasteiger partial charge in [-0.2, -0.15) is 0 Å². The highest BCUT2D eigenvalue weighted by molar-refractivity contribution is 5.04. The van der Waals surface area contributed by atoms with Crippen LogP contribution < -0.4 is 5.73 Å². The summed E-state index contributed by atoms with van der Waals surface area (Å²) in [6.45, 7) is 9.41. The Hall–Kier alpha value is -0.300. The van der Waals surface area contributed by atoms with Crippen molar-refractivity contribution in [2.45, 2.75) is 39.5 Å². The van der Waals surface area contributed by atoms with Crippen LogP contribution in [0.15, 0.2) is 12.2 Å². The van der Waals surface area contributed by atoms with E-state index in [1.54, 1.807) is 0 Å². The molecular formula is C11H21N. The Morgan fingerprint density at radius 2 is 2.25 bits per heavy atom. The number of nitrogens with two attached hydrogens (primary N) is 1. The maximum atomic E-state index is 5.59. The molecule has 0 aliphatic heterocycles. The second kappa shape index (κ2) is 3.61. The Kier molecular flexibility index (Phi) is 2.94. The SMILES string of the molecule is C=C(CN)C1CCCC(C)(C)C1. The summed E-state index contributed by atoms with van der Waals surface area (Å²) in [5.74, 6) is 0.693. The molecular weight excluding hydrogens is 146 g/mol. The van der Waals surface area contributed by atoms with Crippen molar-refractivity contribution >= 4 is 0 Å². The van der Waals surface area contributed by atoms with Gasteiger partial charge in [0.05, 0.1) is 0 Å². The highest BCUT2D eigenvalue weighted by atomic mass is 14.5. The summed E-state index contributed by atoms with van der Waals surface area (Å²) < 4.78 is 0. The number of hydrogen-bond donors (Lipinski definition) is 1. The zero-order valence-corrected chi connectivity index (χ0v) is 8.40. The highest BCUT2D eigenvalue weighted by Crippen LogP contribution is 2.40. The molecule has 1 nitrogen and oxygen atoms in total. The third-order valence-electron chi connectivity index (χ3n) is 3.04. The van der Waals surface area contributed by atoms with E-state index in [2.05, 4.69) is 20.4 Å². The van der Waals surface area contributed by atoms with Gasteiger partial charge < -0.3 is 5.73 Å². The summed E-state index contributed by atoms with van der Waals surface area (Å²) in [7, 11) is 0. The molecule has 1 atom stereocenters. The van der Waals surface area contributed by atoms with Gasteiger partial charge in [0.1, 0.15) is 0 Å². The molecule has 1 fully saturated rings. The lowest BCUT2D eigenvalue weighted by atomic mass is 9.70. The van der Waals surface area contributed by atoms with E-state index in [0.29, 0.717) is 17.9 Å². The average Bonchev–Trinajstić information content (AvgIpc) is 2.01. The van der Waals surface area contributed by atoms with E-state index in [4.69, 9.17) is 5.73 Å². The molecule has 0 radical (unpaired) electrons. The Balaban J connectivity index is 2.52. The standard InChI is InChI=1S/C11H21N/c1-9(8-12)10-5-4-6-11(2,3)7-10/h10H,1,4-8,12H2,2-3H3. The molecule has 1 aliphatic carbocycles. The first-order chi connectivity index (χ1) is 5.55. The van der Waals surface area contributed by atoms with Gasteiger partial charge >= 0.3 is 0 Å². The van der Waals surface area contributed by atoms with Crippen molar-refractivity contribution in [3.63, 3.8) is 0 Å². The molecule has 0 aromatic heterocycles. The predicted molar refractivity (Wildman–Crippen MR) is 53.9 cm³/mol. The summed E-state index contributed by atoms with van der Waals surface area (Å²) in [6, 6.07) is 0. The average molecular weight is 167 g/mol. The minimum atomic E-state index is 0.515. The molecule has 1 heteroatoms. The Morgan fingerprint density at radius 1 is 1.58 bits per heavy atom. The largest absolute Gasteiger partial charge is 0.327 e. The van der Waals surface area contributed by atoms with Crippen LogP contribution in [-0.2, 0) is 0 Å². The minimum absolute atomic E-state index is 0.515. The zero-order chi connectivity index (χ0) is 9.19. The molecule has 0 spiro atoms. The molecule has 0 aromatic carbocycles. The molecule has 1 rings (SSSR count). The van der Waals surface area contributed by atoms with Crippen molar-refractivity contribution < 1.29 is 0 Å². The van der Waals surface area contributed by atoms with Crippen LogP contribution in [0.3, 0.4) is 0 Å². The first kappa shape index (κ1) is 9.79. The molecule has 12 heavy (non-hydrogen) atoms. The highest BCUT2D eigenvalue weighted by Gasteiger charge is 2.28. The quantitative estimate of drug-likeness (QED) is 0.629. The van der Waals surface area contributed by atoms with E-state index in [0.717, 1.165) is 0 Å². The summed E-state index contributed by atoms with van der Waals surface area (Å²) in [4.78, 5) is 0. The van der Waals surface area contributed by atoms with Crippen molar-refractivity contribution in [2.24, 2.45) is 17.1 Å². The fourth-order valence-corrected chi connectivity index (χ4v) is 2.21. The van der Waals surface area contributed by atoms with Crippen LogP contribution in [0.5, 0.6) is 0 Å². The lowest BCUT2D eigenvalue weighted by Gasteiger charge is -2.36. The Labute approximate surface area is 76.0 Å². The maximum absolute atomic E-state index is 5.59. The zero-order valence-electron chi connectivity index (χ0n) is 8.40. The molecule has 1 saturated carbocycles. The van der Waals surface area contributed by atoms with Crippen molar-refractivity contribution in [2.75, 3.05) is 6.54 Å². The van der Waals surface area contributed by atoms with Crippen molar-refractivity contribution in [3.8, 4) is 0 Å². The maximum Gasteiger partial charge on any atom is 0.0136 e. The topological polar surface area (TPSA) is 26.0 Å². The van der Waals surface area contributed by atoms with Crippen LogP contribution in [0.4, 0.5) is 0 Å². The molecule has 70 valence electrons. The van der Waals surface area contributed by atoms with Crippen LogP contribution in [0, 0.1) is 11.3 Å². The third-order valence-corrected chi connectivity index (χ3v) is 3.04. The fraction of sp³-hybridized carbons (Fsp3) is 0.818. The van der Waals surface area contributed by atoms with E-state index in [-0.39, 0.29) is 0 Å². The number of rotatable bonds is 2. The molecule has 1 unspecified atom stereocenters. The van der Waals surface area contributed by atoms with Crippen molar-refractivity contribution in [1.82, 2.24) is 0 Å². The van der Waals surface area contributed by atoms with Crippen LogP contribution in [0.25, 0.3) is 0 Å². The van der Waals surface area contributed by atoms with E-state index in [9.17, 15) is 0 Å². The molecule has 0 aromatic rings. The summed E-state index contributed by atoms with van der Waals surface area (Å²) in [5.41, 5.74) is 7.36. The van der Waals surface area contributed by atoms with Crippen LogP contribution in [-0.4, -0.2) is 6.54 Å². The molecule has 1 aliphatic rings. The van der Waals surface area contributed by atoms with Gasteiger partial charge in [-0.25, -0.2) is 0 Å². The smallest absolute Gasteiger partial charge is 0.0136 e. The Morgan fingerprint density at radius 3 is 2.75 bits per heavy atom. The predicted octanol–water partition coefficient (Wildman–Crippen LogP) is 2.72. The van der Waals surface area contributed by atoms with Crippen molar-refractivity contribution in [1.29, 1.82) is 0 Å². The molecule has 0 heterocycles. The van der Waals surface area contributed by atoms with E-state index < -0.39 is 0 Å². The van der Waals surface area contributed by atoms with Gasteiger partial charge in [-0.15, -0.1) is 0 Å². The summed E-state index contributed by atoms with van der Waals surface area (Å²) >= 11 is 0. The first-order valence-electron chi connectivity index (χ1n) is 4.93. The van der Waals surface area contributed by atoms with Crippen LogP contribution >= 0.6 is 0 Å². The van der Waals surface area contributed by atoms with Gasteiger partial charge in [0, 0.05) is 6.54 Å².